The molecule has 6 heteroatoms. The molecule has 0 saturated heterocycles. The number of nitrogens with one attached hydrogen (secondary N) is 1. The van der Waals surface area contributed by atoms with E-state index < -0.39 is 5.97 Å². The second kappa shape index (κ2) is 8.26. The number of benzene rings is 1. The first-order valence-electron chi connectivity index (χ1n) is 6.95. The van der Waals surface area contributed by atoms with E-state index in [4.69, 9.17) is 10.2 Å². The van der Waals surface area contributed by atoms with Crippen molar-refractivity contribution in [3.8, 4) is 0 Å². The van der Waals surface area contributed by atoms with Crippen LogP contribution >= 0.6 is 0 Å². The number of carbonyl (C=O) groups is 2. The topological polar surface area (TPSA) is 89.9 Å². The fourth-order valence-electron chi connectivity index (χ4n) is 1.80. The van der Waals surface area contributed by atoms with Crippen LogP contribution in [0.3, 0.4) is 0 Å². The summed E-state index contributed by atoms with van der Waals surface area (Å²) in [5.74, 6) is -0.525. The molecular weight excluding hydrogens is 272 g/mol. The zero-order valence-corrected chi connectivity index (χ0v) is 12.4. The van der Waals surface area contributed by atoms with Crippen molar-refractivity contribution in [3.05, 3.63) is 29.8 Å². The van der Waals surface area contributed by atoms with Crippen molar-refractivity contribution in [2.75, 3.05) is 24.6 Å². The first-order valence-corrected chi connectivity index (χ1v) is 6.95. The third-order valence-electron chi connectivity index (χ3n) is 2.99. The van der Waals surface area contributed by atoms with Gasteiger partial charge in [-0.1, -0.05) is 13.8 Å². The minimum absolute atomic E-state index is 0.153. The van der Waals surface area contributed by atoms with Crippen molar-refractivity contribution in [3.63, 3.8) is 0 Å². The molecule has 1 aromatic rings. The first-order chi connectivity index (χ1) is 9.95. The van der Waals surface area contributed by atoms with E-state index in [9.17, 15) is 9.59 Å². The van der Waals surface area contributed by atoms with Gasteiger partial charge in [0.15, 0.2) is 0 Å². The quantitative estimate of drug-likeness (QED) is 0.717. The fraction of sp³-hybridized carbons (Fsp3) is 0.467. The van der Waals surface area contributed by atoms with E-state index in [1.807, 2.05) is 0 Å². The second-order valence-electron chi connectivity index (χ2n) is 5.14. The molecule has 0 aliphatic carbocycles. The van der Waals surface area contributed by atoms with Gasteiger partial charge < -0.3 is 15.5 Å². The van der Waals surface area contributed by atoms with Crippen LogP contribution < -0.4 is 10.2 Å². The number of aliphatic hydroxyl groups excluding tert-OH is 1. The molecule has 0 saturated carbocycles. The standard InChI is InChI=1S/C15H22N2O4/c1-11(2)7-8-16-15(21)17(9-10-18)13-5-3-12(4-6-13)14(19)20/h3-6,11,18H,7-10H2,1-2H3,(H,16,21)(H,19,20). The number of hydrogen-bond donors (Lipinski definition) is 3. The maximum absolute atomic E-state index is 12.1. The molecule has 0 radical (unpaired) electrons. The zero-order valence-electron chi connectivity index (χ0n) is 12.4. The maximum atomic E-state index is 12.1. The summed E-state index contributed by atoms with van der Waals surface area (Å²) in [6, 6.07) is 5.68. The first kappa shape index (κ1) is 17.0. The Labute approximate surface area is 124 Å². The van der Waals surface area contributed by atoms with Gasteiger partial charge in [0.05, 0.1) is 18.7 Å². The van der Waals surface area contributed by atoms with Crippen LogP contribution in [0.15, 0.2) is 24.3 Å². The zero-order chi connectivity index (χ0) is 15.8. The van der Waals surface area contributed by atoms with E-state index in [1.54, 1.807) is 12.1 Å². The van der Waals surface area contributed by atoms with E-state index in [0.717, 1.165) is 6.42 Å². The Morgan fingerprint density at radius 1 is 1.24 bits per heavy atom. The Hall–Kier alpha value is -2.08. The Morgan fingerprint density at radius 3 is 2.33 bits per heavy atom. The summed E-state index contributed by atoms with van der Waals surface area (Å²) in [5, 5.41) is 20.7. The molecule has 0 spiro atoms. The van der Waals surface area contributed by atoms with Crippen LogP contribution in [-0.4, -0.2) is 41.9 Å². The molecule has 0 aliphatic heterocycles. The summed E-state index contributed by atoms with van der Waals surface area (Å²) in [7, 11) is 0. The Bertz CT molecular complexity index is 471. The number of carboxylic acid groups (broad SMARTS) is 1. The van der Waals surface area contributed by atoms with Crippen molar-refractivity contribution in [2.24, 2.45) is 5.92 Å². The van der Waals surface area contributed by atoms with E-state index in [-0.39, 0.29) is 24.7 Å². The summed E-state index contributed by atoms with van der Waals surface area (Å²) in [6.45, 7) is 4.69. The molecule has 1 aromatic carbocycles. The number of nitrogens with zero attached hydrogens (tertiary/aromatic N) is 1. The summed E-state index contributed by atoms with van der Waals surface area (Å²) < 4.78 is 0. The minimum atomic E-state index is -1.02. The number of rotatable bonds is 7. The van der Waals surface area contributed by atoms with Crippen molar-refractivity contribution in [1.82, 2.24) is 5.32 Å². The van der Waals surface area contributed by atoms with Gasteiger partial charge in [-0.25, -0.2) is 9.59 Å². The molecule has 21 heavy (non-hydrogen) atoms. The molecule has 2 amide bonds. The van der Waals surface area contributed by atoms with Gasteiger partial charge in [-0.2, -0.15) is 0 Å². The van der Waals surface area contributed by atoms with E-state index >= 15 is 0 Å². The molecule has 0 atom stereocenters. The molecule has 0 heterocycles. The van der Waals surface area contributed by atoms with Crippen LogP contribution in [0.2, 0.25) is 0 Å². The van der Waals surface area contributed by atoms with Crippen LogP contribution in [0.5, 0.6) is 0 Å². The summed E-state index contributed by atoms with van der Waals surface area (Å²) in [5.41, 5.74) is 0.707. The molecule has 3 N–H and O–H groups in total. The van der Waals surface area contributed by atoms with Crippen molar-refractivity contribution in [1.29, 1.82) is 0 Å². The van der Waals surface area contributed by atoms with Gasteiger partial charge in [-0.3, -0.25) is 4.90 Å². The number of anilines is 1. The summed E-state index contributed by atoms with van der Waals surface area (Å²) >= 11 is 0. The predicted octanol–water partition coefficient (Wildman–Crippen LogP) is 1.94. The van der Waals surface area contributed by atoms with Crippen LogP contribution in [0.25, 0.3) is 0 Å². The van der Waals surface area contributed by atoms with Crippen molar-refractivity contribution in [2.45, 2.75) is 20.3 Å². The molecule has 0 unspecified atom stereocenters. The van der Waals surface area contributed by atoms with Crippen molar-refractivity contribution >= 4 is 17.7 Å². The number of amides is 2. The maximum Gasteiger partial charge on any atom is 0.335 e. The van der Waals surface area contributed by atoms with Gasteiger partial charge >= 0.3 is 12.0 Å². The lowest BCUT2D eigenvalue weighted by Crippen LogP contribution is -2.42. The molecule has 6 nitrogen and oxygen atoms in total. The average Bonchev–Trinajstić information content (AvgIpc) is 2.44. The molecular formula is C15H22N2O4. The monoisotopic (exact) mass is 294 g/mol. The van der Waals surface area contributed by atoms with Crippen LogP contribution in [-0.2, 0) is 0 Å². The lowest BCUT2D eigenvalue weighted by Gasteiger charge is -2.22. The summed E-state index contributed by atoms with van der Waals surface area (Å²) in [4.78, 5) is 24.3. The Morgan fingerprint density at radius 2 is 1.86 bits per heavy atom. The summed E-state index contributed by atoms with van der Waals surface area (Å²) in [6.07, 6.45) is 0.872. The molecule has 0 aliphatic rings. The number of aliphatic hydroxyl groups is 1. The lowest BCUT2D eigenvalue weighted by molar-refractivity contribution is 0.0697. The minimum Gasteiger partial charge on any atom is -0.478 e. The van der Waals surface area contributed by atoms with E-state index in [2.05, 4.69) is 19.2 Å². The SMILES string of the molecule is CC(C)CCNC(=O)N(CCO)c1ccc(C(=O)O)cc1. The normalized spacial score (nSPS) is 10.5. The van der Waals surface area contributed by atoms with Crippen LogP contribution in [0, 0.1) is 5.92 Å². The van der Waals surface area contributed by atoms with E-state index in [0.29, 0.717) is 18.2 Å². The molecule has 1 rings (SSSR count). The number of carboxylic acids is 1. The smallest absolute Gasteiger partial charge is 0.335 e. The average molecular weight is 294 g/mol. The second-order valence-corrected chi connectivity index (χ2v) is 5.14. The molecule has 0 aromatic heterocycles. The fourth-order valence-corrected chi connectivity index (χ4v) is 1.80. The van der Waals surface area contributed by atoms with Gasteiger partial charge in [0, 0.05) is 12.2 Å². The molecule has 116 valence electrons. The lowest BCUT2D eigenvalue weighted by atomic mass is 10.1. The Kier molecular flexibility index (Phi) is 6.68. The number of urea groups is 1. The Balaban J connectivity index is 2.75. The third kappa shape index (κ3) is 5.43. The van der Waals surface area contributed by atoms with Gasteiger partial charge in [0.1, 0.15) is 0 Å². The van der Waals surface area contributed by atoms with Crippen LogP contribution in [0.1, 0.15) is 30.6 Å². The predicted molar refractivity (Wildman–Crippen MR) is 80.7 cm³/mol. The highest BCUT2D eigenvalue weighted by Gasteiger charge is 2.15. The third-order valence-corrected chi connectivity index (χ3v) is 2.99. The van der Waals surface area contributed by atoms with Gasteiger partial charge in [0.25, 0.3) is 0 Å². The number of carbonyl (C=O) groups excluding carboxylic acids is 1. The highest BCUT2D eigenvalue weighted by molar-refractivity contribution is 5.93. The van der Waals surface area contributed by atoms with Gasteiger partial charge in [0.2, 0.25) is 0 Å². The van der Waals surface area contributed by atoms with Crippen molar-refractivity contribution < 1.29 is 19.8 Å². The van der Waals surface area contributed by atoms with Gasteiger partial charge in [-0.05, 0) is 36.6 Å². The van der Waals surface area contributed by atoms with Crippen LogP contribution in [0.4, 0.5) is 10.5 Å². The van der Waals surface area contributed by atoms with E-state index in [1.165, 1.54) is 17.0 Å². The molecule has 0 bridgehead atoms. The highest BCUT2D eigenvalue weighted by Crippen LogP contribution is 2.15. The number of aromatic carboxylic acids is 1. The highest BCUT2D eigenvalue weighted by atomic mass is 16.4. The van der Waals surface area contributed by atoms with Gasteiger partial charge in [-0.15, -0.1) is 0 Å². The number of hydrogen-bond acceptors (Lipinski definition) is 3. The largest absolute Gasteiger partial charge is 0.478 e. The molecule has 0 fully saturated rings.